The molecule has 0 aromatic heterocycles. The Morgan fingerprint density at radius 2 is 1.85 bits per heavy atom. The third-order valence-corrected chi connectivity index (χ3v) is 2.68. The highest BCUT2D eigenvalue weighted by Crippen LogP contribution is 2.16. The second kappa shape index (κ2) is 7.05. The lowest BCUT2D eigenvalue weighted by molar-refractivity contribution is -0.136. The van der Waals surface area contributed by atoms with Crippen LogP contribution in [0, 0.1) is 0 Å². The lowest BCUT2D eigenvalue weighted by Gasteiger charge is -2.20. The fourth-order valence-corrected chi connectivity index (χ4v) is 1.64. The Balaban J connectivity index is 2.62. The SMILES string of the molecule is CC(C)(C)NCC(=O)Nc1ccccc1CCC(=O)O. The van der Waals surface area contributed by atoms with E-state index < -0.39 is 5.97 Å². The van der Waals surface area contributed by atoms with Crippen LogP contribution in [0.5, 0.6) is 0 Å². The average Bonchev–Trinajstić information content (AvgIpc) is 2.34. The Kier molecular flexibility index (Phi) is 5.70. The van der Waals surface area contributed by atoms with Crippen LogP contribution in [0.1, 0.15) is 32.8 Å². The fourth-order valence-electron chi connectivity index (χ4n) is 1.64. The molecule has 1 aromatic carbocycles. The van der Waals surface area contributed by atoms with Gasteiger partial charge in [-0.3, -0.25) is 9.59 Å². The van der Waals surface area contributed by atoms with Crippen molar-refractivity contribution >= 4 is 17.6 Å². The van der Waals surface area contributed by atoms with Crippen molar-refractivity contribution in [2.45, 2.75) is 39.2 Å². The first kappa shape index (κ1) is 16.2. The lowest BCUT2D eigenvalue weighted by Crippen LogP contribution is -2.41. The van der Waals surface area contributed by atoms with Crippen LogP contribution in [0.2, 0.25) is 0 Å². The summed E-state index contributed by atoms with van der Waals surface area (Å²) in [6.45, 7) is 6.18. The molecule has 0 saturated carbocycles. The van der Waals surface area contributed by atoms with Gasteiger partial charge in [0.25, 0.3) is 0 Å². The summed E-state index contributed by atoms with van der Waals surface area (Å²) in [6, 6.07) is 7.26. The number of rotatable bonds is 6. The molecule has 3 N–H and O–H groups in total. The number of anilines is 1. The lowest BCUT2D eigenvalue weighted by atomic mass is 10.1. The molecule has 1 aromatic rings. The predicted octanol–water partition coefficient (Wildman–Crippen LogP) is 2.03. The average molecular weight is 278 g/mol. The van der Waals surface area contributed by atoms with Crippen LogP contribution in [0.4, 0.5) is 5.69 Å². The zero-order valence-corrected chi connectivity index (χ0v) is 12.2. The molecule has 0 atom stereocenters. The minimum absolute atomic E-state index is 0.0487. The highest BCUT2D eigenvalue weighted by Gasteiger charge is 2.12. The van der Waals surface area contributed by atoms with Gasteiger partial charge in [0.15, 0.2) is 0 Å². The van der Waals surface area contributed by atoms with Crippen molar-refractivity contribution in [3.05, 3.63) is 29.8 Å². The van der Waals surface area contributed by atoms with Crippen molar-refractivity contribution in [2.24, 2.45) is 0 Å². The number of carboxylic acid groups (broad SMARTS) is 1. The van der Waals surface area contributed by atoms with Crippen molar-refractivity contribution in [3.63, 3.8) is 0 Å². The molecule has 0 aliphatic rings. The quantitative estimate of drug-likeness (QED) is 0.744. The number of aryl methyl sites for hydroxylation is 1. The summed E-state index contributed by atoms with van der Waals surface area (Å²) in [4.78, 5) is 22.5. The molecule has 0 aliphatic carbocycles. The molecule has 0 heterocycles. The first-order valence-electron chi connectivity index (χ1n) is 6.62. The Hall–Kier alpha value is -1.88. The summed E-state index contributed by atoms with van der Waals surface area (Å²) < 4.78 is 0. The summed E-state index contributed by atoms with van der Waals surface area (Å²) in [5.74, 6) is -0.983. The van der Waals surface area contributed by atoms with Crippen LogP contribution in [0.3, 0.4) is 0 Å². The zero-order chi connectivity index (χ0) is 15.2. The Labute approximate surface area is 119 Å². The molecular weight excluding hydrogens is 256 g/mol. The van der Waals surface area contributed by atoms with E-state index in [9.17, 15) is 9.59 Å². The topological polar surface area (TPSA) is 78.4 Å². The van der Waals surface area contributed by atoms with Gasteiger partial charge in [-0.25, -0.2) is 0 Å². The fraction of sp³-hybridized carbons (Fsp3) is 0.467. The molecule has 0 bridgehead atoms. The number of nitrogens with one attached hydrogen (secondary N) is 2. The molecule has 0 saturated heterocycles. The van der Waals surface area contributed by atoms with E-state index in [1.807, 2.05) is 39.0 Å². The minimum atomic E-state index is -0.847. The molecule has 0 radical (unpaired) electrons. The summed E-state index contributed by atoms with van der Waals surface area (Å²) in [5.41, 5.74) is 1.38. The van der Waals surface area contributed by atoms with Gasteiger partial charge in [-0.1, -0.05) is 18.2 Å². The molecule has 0 unspecified atom stereocenters. The van der Waals surface area contributed by atoms with E-state index in [-0.39, 0.29) is 24.4 Å². The maximum absolute atomic E-state index is 11.9. The number of carbonyl (C=O) groups excluding carboxylic acids is 1. The molecule has 0 fully saturated rings. The summed E-state index contributed by atoms with van der Waals surface area (Å²) in [5, 5.41) is 14.6. The minimum Gasteiger partial charge on any atom is -0.481 e. The van der Waals surface area contributed by atoms with Crippen LogP contribution >= 0.6 is 0 Å². The number of carboxylic acids is 1. The van der Waals surface area contributed by atoms with Crippen molar-refractivity contribution < 1.29 is 14.7 Å². The number of amides is 1. The van der Waals surface area contributed by atoms with Crippen molar-refractivity contribution in [1.29, 1.82) is 0 Å². The van der Waals surface area contributed by atoms with Gasteiger partial charge in [0, 0.05) is 17.6 Å². The van der Waals surface area contributed by atoms with Crippen molar-refractivity contribution in [1.82, 2.24) is 5.32 Å². The monoisotopic (exact) mass is 278 g/mol. The summed E-state index contributed by atoms with van der Waals surface area (Å²) >= 11 is 0. The first-order chi connectivity index (χ1) is 9.28. The molecule has 110 valence electrons. The van der Waals surface area contributed by atoms with Gasteiger partial charge in [-0.15, -0.1) is 0 Å². The molecule has 0 spiro atoms. The van der Waals surface area contributed by atoms with Crippen LogP contribution in [-0.4, -0.2) is 29.1 Å². The van der Waals surface area contributed by atoms with Gasteiger partial charge in [0.1, 0.15) is 0 Å². The molecule has 1 amide bonds. The van der Waals surface area contributed by atoms with Crippen LogP contribution in [-0.2, 0) is 16.0 Å². The molecule has 20 heavy (non-hydrogen) atoms. The van der Waals surface area contributed by atoms with Crippen LogP contribution in [0.15, 0.2) is 24.3 Å². The van der Waals surface area contributed by atoms with E-state index in [1.165, 1.54) is 0 Å². The molecule has 0 aliphatic heterocycles. The molecular formula is C15H22N2O3. The predicted molar refractivity (Wildman–Crippen MR) is 78.8 cm³/mol. The van der Waals surface area contributed by atoms with E-state index in [2.05, 4.69) is 10.6 Å². The smallest absolute Gasteiger partial charge is 0.303 e. The third-order valence-electron chi connectivity index (χ3n) is 2.68. The number of benzene rings is 1. The zero-order valence-electron chi connectivity index (χ0n) is 12.2. The van der Waals surface area contributed by atoms with E-state index in [1.54, 1.807) is 6.07 Å². The number of para-hydroxylation sites is 1. The van der Waals surface area contributed by atoms with Gasteiger partial charge in [-0.2, -0.15) is 0 Å². The number of carbonyl (C=O) groups is 2. The van der Waals surface area contributed by atoms with Crippen LogP contribution < -0.4 is 10.6 Å². The molecule has 1 rings (SSSR count). The number of hydrogen-bond donors (Lipinski definition) is 3. The molecule has 5 nitrogen and oxygen atoms in total. The van der Waals surface area contributed by atoms with Gasteiger partial charge in [-0.05, 0) is 38.8 Å². The van der Waals surface area contributed by atoms with E-state index in [0.717, 1.165) is 5.56 Å². The maximum atomic E-state index is 11.9. The molecule has 5 heteroatoms. The van der Waals surface area contributed by atoms with Crippen LogP contribution in [0.25, 0.3) is 0 Å². The summed E-state index contributed by atoms with van der Waals surface area (Å²) in [7, 11) is 0. The van der Waals surface area contributed by atoms with E-state index in [4.69, 9.17) is 5.11 Å². The van der Waals surface area contributed by atoms with E-state index >= 15 is 0 Å². The highest BCUT2D eigenvalue weighted by atomic mass is 16.4. The van der Waals surface area contributed by atoms with Gasteiger partial charge >= 0.3 is 5.97 Å². The maximum Gasteiger partial charge on any atom is 0.303 e. The van der Waals surface area contributed by atoms with Crippen molar-refractivity contribution in [3.8, 4) is 0 Å². The third kappa shape index (κ3) is 6.33. The van der Waals surface area contributed by atoms with Gasteiger partial charge < -0.3 is 15.7 Å². The Morgan fingerprint density at radius 1 is 1.20 bits per heavy atom. The Morgan fingerprint density at radius 3 is 2.45 bits per heavy atom. The Bertz CT molecular complexity index is 478. The summed E-state index contributed by atoms with van der Waals surface area (Å²) in [6.07, 6.45) is 0.450. The van der Waals surface area contributed by atoms with Crippen molar-refractivity contribution in [2.75, 3.05) is 11.9 Å². The van der Waals surface area contributed by atoms with E-state index in [0.29, 0.717) is 12.1 Å². The highest BCUT2D eigenvalue weighted by molar-refractivity contribution is 5.93. The number of hydrogen-bond acceptors (Lipinski definition) is 3. The van der Waals surface area contributed by atoms with Gasteiger partial charge in [0.2, 0.25) is 5.91 Å². The second-order valence-electron chi connectivity index (χ2n) is 5.70. The van der Waals surface area contributed by atoms with Gasteiger partial charge in [0.05, 0.1) is 6.54 Å². The number of aliphatic carboxylic acids is 1. The largest absolute Gasteiger partial charge is 0.481 e. The standard InChI is InChI=1S/C15H22N2O3/c1-15(2,3)16-10-13(18)17-12-7-5-4-6-11(12)8-9-14(19)20/h4-7,16H,8-10H2,1-3H3,(H,17,18)(H,19,20). The normalized spacial score (nSPS) is 11.2. The second-order valence-corrected chi connectivity index (χ2v) is 5.70. The first-order valence-corrected chi connectivity index (χ1v) is 6.62.